The van der Waals surface area contributed by atoms with Gasteiger partial charge in [-0.25, -0.2) is 4.79 Å². The number of carbonyl (C=O) groups excluding carboxylic acids is 1. The normalized spacial score (nSPS) is 22.4. The van der Waals surface area contributed by atoms with Gasteiger partial charge in [-0.2, -0.15) is 0 Å². The molecule has 5 rings (SSSR count). The predicted octanol–water partition coefficient (Wildman–Crippen LogP) is 3.05. The second-order valence-electron chi connectivity index (χ2n) is 7.30. The summed E-state index contributed by atoms with van der Waals surface area (Å²) < 4.78 is 9.56. The van der Waals surface area contributed by atoms with Gasteiger partial charge in [0.1, 0.15) is 6.61 Å². The molecule has 0 saturated heterocycles. The average Bonchev–Trinajstić information content (AvgIpc) is 3.08. The topological polar surface area (TPSA) is 68.5 Å². The zero-order chi connectivity index (χ0) is 19.6. The summed E-state index contributed by atoms with van der Waals surface area (Å²) in [6.07, 6.45) is 1.08. The van der Waals surface area contributed by atoms with Crippen molar-refractivity contribution in [1.29, 1.82) is 0 Å². The molecular weight excluding hydrogens is 469 g/mol. The van der Waals surface area contributed by atoms with Gasteiger partial charge in [-0.15, -0.1) is 0 Å². The molecule has 4 heterocycles. The van der Waals surface area contributed by atoms with Gasteiger partial charge in [-0.3, -0.25) is 4.79 Å². The molecule has 2 aromatic rings. The number of aromatic nitrogens is 1. The van der Waals surface area contributed by atoms with Gasteiger partial charge in [0, 0.05) is 12.6 Å². The first-order chi connectivity index (χ1) is 13.5. The lowest BCUT2D eigenvalue weighted by molar-refractivity contribution is -0.172. The highest BCUT2D eigenvalue weighted by atomic mass is 127. The molecule has 6 heteroatoms. The van der Waals surface area contributed by atoms with E-state index in [9.17, 15) is 14.7 Å². The fourth-order valence-electron chi connectivity index (χ4n) is 4.41. The number of ether oxygens (including phenoxy) is 1. The first-order valence-electron chi connectivity index (χ1n) is 9.50. The minimum absolute atomic E-state index is 0.0696. The molecule has 0 unspecified atom stereocenters. The number of hydrogen-bond donors (Lipinski definition) is 1. The molecule has 1 atom stereocenters. The number of esters is 1. The quantitative estimate of drug-likeness (QED) is 0.521. The second kappa shape index (κ2) is 6.22. The van der Waals surface area contributed by atoms with Crippen molar-refractivity contribution >= 4 is 35.8 Å². The van der Waals surface area contributed by atoms with Gasteiger partial charge in [0.05, 0.1) is 17.8 Å². The molecule has 0 saturated carbocycles. The maximum absolute atomic E-state index is 13.3. The van der Waals surface area contributed by atoms with E-state index >= 15 is 0 Å². The van der Waals surface area contributed by atoms with Crippen LogP contribution in [0.4, 0.5) is 0 Å². The number of rotatable bonds is 2. The highest BCUT2D eigenvalue weighted by Crippen LogP contribution is 2.42. The Kier molecular flexibility index (Phi) is 4.00. The third kappa shape index (κ3) is 2.24. The Hall–Kier alpha value is -2.06. The molecule has 3 aliphatic rings. The van der Waals surface area contributed by atoms with Gasteiger partial charge in [0.15, 0.2) is 5.60 Å². The van der Waals surface area contributed by atoms with E-state index in [4.69, 9.17) is 4.74 Å². The molecule has 5 nitrogen and oxygen atoms in total. The number of carbonyl (C=O) groups is 1. The Morgan fingerprint density at radius 3 is 2.79 bits per heavy atom. The molecule has 0 radical (unpaired) electrons. The van der Waals surface area contributed by atoms with Crippen molar-refractivity contribution in [2.75, 3.05) is 0 Å². The van der Waals surface area contributed by atoms with Crippen LogP contribution in [-0.2, 0) is 28.3 Å². The van der Waals surface area contributed by atoms with E-state index in [1.165, 1.54) is 23.8 Å². The molecule has 0 amide bonds. The highest BCUT2D eigenvalue weighted by Gasteiger charge is 2.45. The molecule has 0 fully saturated rings. The number of cyclic esters (lactones) is 1. The molecule has 1 aromatic heterocycles. The van der Waals surface area contributed by atoms with Gasteiger partial charge < -0.3 is 14.4 Å². The van der Waals surface area contributed by atoms with Gasteiger partial charge in [-0.05, 0) is 41.7 Å². The van der Waals surface area contributed by atoms with Crippen LogP contribution in [-0.4, -0.2) is 19.2 Å². The van der Waals surface area contributed by atoms with Gasteiger partial charge in [-0.1, -0.05) is 52.8 Å². The van der Waals surface area contributed by atoms with Crippen molar-refractivity contribution < 1.29 is 14.6 Å². The van der Waals surface area contributed by atoms with Crippen LogP contribution in [0.25, 0.3) is 5.57 Å². The van der Waals surface area contributed by atoms with Crippen LogP contribution in [0.5, 0.6) is 0 Å². The first kappa shape index (κ1) is 18.0. The van der Waals surface area contributed by atoms with E-state index < -0.39 is 32.3 Å². The number of nitrogens with zero attached hydrogens (tertiary/aromatic N) is 1. The number of aliphatic hydroxyl groups is 1. The summed E-state index contributed by atoms with van der Waals surface area (Å²) in [6.45, 7) is 4.38. The fraction of sp³-hybridized carbons (Fsp3) is 0.318. The standard InChI is InChI=1S/C22H20INO4/c1-3-12-13-7-5-6-8-17(13)23-19-14(12)10-24-18(19)9-16-15(20(24)25)11-28-21(26)22(16,27)4-2/h5-9,27H,3-4,10-11H2,1-2H3/t22-/m0/s1. The molecule has 144 valence electrons. The van der Waals surface area contributed by atoms with Crippen molar-refractivity contribution in [3.05, 3.63) is 72.2 Å². The van der Waals surface area contributed by atoms with Crippen molar-refractivity contribution in [3.63, 3.8) is 0 Å². The Morgan fingerprint density at radius 2 is 2.04 bits per heavy atom. The average molecular weight is 489 g/mol. The summed E-state index contributed by atoms with van der Waals surface area (Å²) in [5, 5.41) is 11.0. The van der Waals surface area contributed by atoms with Crippen LogP contribution in [0.1, 0.15) is 49.1 Å². The maximum Gasteiger partial charge on any atom is 0.343 e. The Labute approximate surface area is 172 Å². The Bertz CT molecular complexity index is 1170. The number of pyridine rings is 1. The van der Waals surface area contributed by atoms with Crippen LogP contribution < -0.4 is 5.56 Å². The van der Waals surface area contributed by atoms with Gasteiger partial charge >= 0.3 is 5.97 Å². The molecule has 0 aliphatic carbocycles. The number of benzene rings is 1. The smallest absolute Gasteiger partial charge is 0.343 e. The summed E-state index contributed by atoms with van der Waals surface area (Å²) in [7, 11) is 0. The largest absolute Gasteiger partial charge is 0.458 e. The van der Waals surface area contributed by atoms with Crippen LogP contribution in [0.15, 0.2) is 40.7 Å². The minimum atomic E-state index is -1.74. The second-order valence-corrected chi connectivity index (χ2v) is 10.1. The van der Waals surface area contributed by atoms with Crippen LogP contribution in [0.3, 0.4) is 0 Å². The molecule has 1 N–H and O–H groups in total. The zero-order valence-corrected chi connectivity index (χ0v) is 17.9. The van der Waals surface area contributed by atoms with Gasteiger partial charge in [0.2, 0.25) is 0 Å². The lowest BCUT2D eigenvalue weighted by Crippen LogP contribution is -2.44. The predicted molar refractivity (Wildman–Crippen MR) is 115 cm³/mol. The van der Waals surface area contributed by atoms with E-state index in [1.807, 2.05) is 6.07 Å². The van der Waals surface area contributed by atoms with E-state index in [-0.39, 0.29) is 18.6 Å². The van der Waals surface area contributed by atoms with E-state index in [0.717, 1.165) is 12.1 Å². The zero-order valence-electron chi connectivity index (χ0n) is 15.7. The summed E-state index contributed by atoms with van der Waals surface area (Å²) in [6, 6.07) is 10.4. The molecule has 3 aliphatic heterocycles. The summed E-state index contributed by atoms with van der Waals surface area (Å²) >= 11 is -0.444. The first-order valence-corrected chi connectivity index (χ1v) is 11.7. The Morgan fingerprint density at radius 1 is 1.25 bits per heavy atom. The van der Waals surface area contributed by atoms with Crippen molar-refractivity contribution in [3.8, 4) is 0 Å². The molecular formula is C22H20INO4. The SMILES string of the molecule is CCC1=C2Cn3c(cc4c(c3=O)COC(=O)[C@]4(O)CC)C2=Ic2ccccc21. The molecule has 1 aromatic carbocycles. The maximum atomic E-state index is 13.3. The van der Waals surface area contributed by atoms with Gasteiger partial charge in [0.25, 0.3) is 5.56 Å². The highest BCUT2D eigenvalue weighted by molar-refractivity contribution is 14.2. The number of fused-ring (bicyclic) bond motifs is 5. The molecule has 0 spiro atoms. The number of hydrogen-bond acceptors (Lipinski definition) is 4. The van der Waals surface area contributed by atoms with Crippen molar-refractivity contribution in [2.24, 2.45) is 0 Å². The lowest BCUT2D eigenvalue weighted by Gasteiger charge is -2.31. The molecule has 28 heavy (non-hydrogen) atoms. The Balaban J connectivity index is 1.81. The monoisotopic (exact) mass is 489 g/mol. The third-order valence-electron chi connectivity index (χ3n) is 5.96. The minimum Gasteiger partial charge on any atom is -0.458 e. The number of halogens is 1. The van der Waals surface area contributed by atoms with Crippen molar-refractivity contribution in [2.45, 2.75) is 45.4 Å². The number of allylic oxidation sites excluding steroid dienone is 2. The molecule has 0 bridgehead atoms. The summed E-state index contributed by atoms with van der Waals surface area (Å²) in [5.41, 5.74) is 3.67. The van der Waals surface area contributed by atoms with E-state index in [0.29, 0.717) is 17.7 Å². The summed E-state index contributed by atoms with van der Waals surface area (Å²) in [4.78, 5) is 25.5. The van der Waals surface area contributed by atoms with E-state index in [2.05, 4.69) is 31.2 Å². The van der Waals surface area contributed by atoms with E-state index in [1.54, 1.807) is 11.5 Å². The lowest BCUT2D eigenvalue weighted by atomic mass is 9.86. The third-order valence-corrected chi connectivity index (χ3v) is 9.23. The van der Waals surface area contributed by atoms with Crippen LogP contribution >= 0.6 is 20.7 Å². The van der Waals surface area contributed by atoms with Crippen LogP contribution in [0, 0.1) is 3.57 Å². The van der Waals surface area contributed by atoms with Crippen molar-refractivity contribution in [1.82, 2.24) is 4.57 Å². The van der Waals surface area contributed by atoms with Crippen LogP contribution in [0.2, 0.25) is 0 Å². The fourth-order valence-corrected chi connectivity index (χ4v) is 7.72. The summed E-state index contributed by atoms with van der Waals surface area (Å²) in [5.74, 6) is -0.663.